The zero-order valence-electron chi connectivity index (χ0n) is 9.65. The van der Waals surface area contributed by atoms with Crippen LogP contribution in [0.15, 0.2) is 31.1 Å². The molecule has 2 aromatic rings. The second kappa shape index (κ2) is 5.58. The van der Waals surface area contributed by atoms with Gasteiger partial charge in [0.2, 0.25) is 0 Å². The number of amides is 2. The van der Waals surface area contributed by atoms with Crippen molar-refractivity contribution >= 4 is 23.4 Å². The first-order valence-corrected chi connectivity index (χ1v) is 5.21. The Morgan fingerprint density at radius 2 is 1.84 bits per heavy atom. The van der Waals surface area contributed by atoms with E-state index >= 15 is 0 Å². The zero-order valence-corrected chi connectivity index (χ0v) is 9.65. The number of carboxylic acid groups (broad SMARTS) is 1. The fourth-order valence-corrected chi connectivity index (χ4v) is 1.31. The summed E-state index contributed by atoms with van der Waals surface area (Å²) in [6.45, 7) is -0.268. The number of hydrogen-bond acceptors (Lipinski definition) is 5. The Bertz CT molecular complexity index is 582. The van der Waals surface area contributed by atoms with Crippen LogP contribution >= 0.6 is 0 Å². The molecule has 9 nitrogen and oxygen atoms in total. The number of carboxylic acids is 1. The quantitative estimate of drug-likeness (QED) is 0.733. The standard InChI is InChI=1S/C10H10N6O3/c17-9(18)5-16-4-8(3-13-16)15-10(19)14-7-1-11-6-12-2-7/h1-4,6H,5H2,(H,17,18)(H2,14,15,19). The van der Waals surface area contributed by atoms with Crippen LogP contribution in [-0.2, 0) is 11.3 Å². The van der Waals surface area contributed by atoms with E-state index in [1.54, 1.807) is 0 Å². The Labute approximate surface area is 107 Å². The average Bonchev–Trinajstić information content (AvgIpc) is 2.76. The minimum Gasteiger partial charge on any atom is -0.480 e. The Balaban J connectivity index is 1.92. The SMILES string of the molecule is O=C(O)Cn1cc(NC(=O)Nc2cncnc2)cn1. The summed E-state index contributed by atoms with van der Waals surface area (Å²) in [6.07, 6.45) is 7.00. The summed E-state index contributed by atoms with van der Waals surface area (Å²) in [6, 6.07) is -0.496. The van der Waals surface area contributed by atoms with Gasteiger partial charge in [0.1, 0.15) is 12.9 Å². The maximum Gasteiger partial charge on any atom is 0.325 e. The third-order valence-corrected chi connectivity index (χ3v) is 2.01. The second-order valence-electron chi connectivity index (χ2n) is 3.53. The maximum absolute atomic E-state index is 11.6. The molecule has 2 rings (SSSR count). The molecule has 0 saturated carbocycles. The molecule has 0 aromatic carbocycles. The molecule has 0 aliphatic heterocycles. The van der Waals surface area contributed by atoms with E-state index in [-0.39, 0.29) is 6.54 Å². The van der Waals surface area contributed by atoms with Crippen LogP contribution in [0.1, 0.15) is 0 Å². The molecule has 0 fully saturated rings. The number of aromatic nitrogens is 4. The summed E-state index contributed by atoms with van der Waals surface area (Å²) in [7, 11) is 0. The molecule has 0 atom stereocenters. The van der Waals surface area contributed by atoms with E-state index in [1.807, 2.05) is 0 Å². The fourth-order valence-electron chi connectivity index (χ4n) is 1.31. The predicted octanol–water partition coefficient (Wildman–Crippen LogP) is 0.402. The lowest BCUT2D eigenvalue weighted by atomic mass is 10.5. The van der Waals surface area contributed by atoms with Gasteiger partial charge in [0.15, 0.2) is 0 Å². The Morgan fingerprint density at radius 1 is 1.16 bits per heavy atom. The molecule has 19 heavy (non-hydrogen) atoms. The summed E-state index contributed by atoms with van der Waals surface area (Å²) in [5.41, 5.74) is 0.827. The summed E-state index contributed by atoms with van der Waals surface area (Å²) >= 11 is 0. The molecule has 0 aliphatic carbocycles. The first-order valence-electron chi connectivity index (χ1n) is 5.21. The number of hydrogen-bond donors (Lipinski definition) is 3. The molecular formula is C10H10N6O3. The number of rotatable bonds is 4. The molecule has 0 aliphatic rings. The van der Waals surface area contributed by atoms with Gasteiger partial charge in [-0.2, -0.15) is 5.10 Å². The van der Waals surface area contributed by atoms with Crippen LogP contribution in [0.3, 0.4) is 0 Å². The lowest BCUT2D eigenvalue weighted by Gasteiger charge is -2.04. The lowest BCUT2D eigenvalue weighted by Crippen LogP contribution is -2.19. The highest BCUT2D eigenvalue weighted by Crippen LogP contribution is 2.06. The number of carbonyl (C=O) groups is 2. The number of nitrogens with one attached hydrogen (secondary N) is 2. The monoisotopic (exact) mass is 262 g/mol. The molecule has 9 heteroatoms. The number of urea groups is 1. The Morgan fingerprint density at radius 3 is 2.53 bits per heavy atom. The molecule has 0 unspecified atom stereocenters. The maximum atomic E-state index is 11.6. The van der Waals surface area contributed by atoms with Gasteiger partial charge in [-0.25, -0.2) is 14.8 Å². The molecule has 0 bridgehead atoms. The van der Waals surface area contributed by atoms with Gasteiger partial charge in [-0.1, -0.05) is 0 Å². The van der Waals surface area contributed by atoms with Gasteiger partial charge in [-0.05, 0) is 0 Å². The van der Waals surface area contributed by atoms with Gasteiger partial charge in [0.25, 0.3) is 0 Å². The van der Waals surface area contributed by atoms with Crippen LogP contribution in [0.25, 0.3) is 0 Å². The topological polar surface area (TPSA) is 122 Å². The largest absolute Gasteiger partial charge is 0.480 e. The van der Waals surface area contributed by atoms with E-state index in [0.29, 0.717) is 11.4 Å². The lowest BCUT2D eigenvalue weighted by molar-refractivity contribution is -0.137. The molecule has 2 amide bonds. The average molecular weight is 262 g/mol. The number of nitrogens with zero attached hydrogens (tertiary/aromatic N) is 4. The Hall–Kier alpha value is -2.97. The minimum atomic E-state index is -1.01. The summed E-state index contributed by atoms with van der Waals surface area (Å²) in [5.74, 6) is -1.01. The summed E-state index contributed by atoms with van der Waals surface area (Å²) in [4.78, 5) is 29.5. The van der Waals surface area contributed by atoms with Crippen LogP contribution in [0, 0.1) is 0 Å². The number of anilines is 2. The zero-order chi connectivity index (χ0) is 13.7. The van der Waals surface area contributed by atoms with Gasteiger partial charge < -0.3 is 15.7 Å². The highest BCUT2D eigenvalue weighted by Gasteiger charge is 2.06. The van der Waals surface area contributed by atoms with E-state index in [4.69, 9.17) is 5.11 Å². The summed E-state index contributed by atoms with van der Waals surface area (Å²) in [5, 5.41) is 17.4. The van der Waals surface area contributed by atoms with Crippen molar-refractivity contribution in [2.75, 3.05) is 10.6 Å². The van der Waals surface area contributed by atoms with Gasteiger partial charge in [0, 0.05) is 6.20 Å². The van der Waals surface area contributed by atoms with Gasteiger partial charge in [-0.15, -0.1) is 0 Å². The third-order valence-electron chi connectivity index (χ3n) is 2.01. The van der Waals surface area contributed by atoms with Crippen molar-refractivity contribution in [1.82, 2.24) is 19.7 Å². The smallest absolute Gasteiger partial charge is 0.325 e. The first kappa shape index (κ1) is 12.5. The highest BCUT2D eigenvalue weighted by molar-refractivity contribution is 5.99. The molecule has 0 saturated heterocycles. The Kier molecular flexibility index (Phi) is 3.67. The minimum absolute atomic E-state index is 0.268. The van der Waals surface area contributed by atoms with Crippen molar-refractivity contribution in [2.45, 2.75) is 6.54 Å². The van der Waals surface area contributed by atoms with Gasteiger partial charge in [-0.3, -0.25) is 9.48 Å². The highest BCUT2D eigenvalue weighted by atomic mass is 16.4. The molecule has 3 N–H and O–H groups in total. The second-order valence-corrected chi connectivity index (χ2v) is 3.53. The summed E-state index contributed by atoms with van der Waals surface area (Å²) < 4.78 is 1.20. The molecule has 98 valence electrons. The molecule has 2 aromatic heterocycles. The van der Waals surface area contributed by atoms with Crippen molar-refractivity contribution < 1.29 is 14.7 Å². The van der Waals surface area contributed by atoms with E-state index < -0.39 is 12.0 Å². The van der Waals surface area contributed by atoms with Gasteiger partial charge in [0.05, 0.1) is 30.0 Å². The van der Waals surface area contributed by atoms with E-state index in [9.17, 15) is 9.59 Å². The van der Waals surface area contributed by atoms with Crippen LogP contribution in [0.2, 0.25) is 0 Å². The van der Waals surface area contributed by atoms with Crippen molar-refractivity contribution in [3.63, 3.8) is 0 Å². The molecule has 0 spiro atoms. The van der Waals surface area contributed by atoms with Crippen LogP contribution in [-0.4, -0.2) is 36.9 Å². The van der Waals surface area contributed by atoms with Crippen LogP contribution < -0.4 is 10.6 Å². The fraction of sp³-hybridized carbons (Fsp3) is 0.100. The molecule has 2 heterocycles. The van der Waals surface area contributed by atoms with Crippen molar-refractivity contribution in [1.29, 1.82) is 0 Å². The van der Waals surface area contributed by atoms with Gasteiger partial charge >= 0.3 is 12.0 Å². The van der Waals surface area contributed by atoms with Crippen molar-refractivity contribution in [3.8, 4) is 0 Å². The first-order chi connectivity index (χ1) is 9.13. The van der Waals surface area contributed by atoms with Crippen molar-refractivity contribution in [2.24, 2.45) is 0 Å². The molecule has 0 radical (unpaired) electrons. The van der Waals surface area contributed by atoms with E-state index in [1.165, 1.54) is 35.8 Å². The number of carbonyl (C=O) groups excluding carboxylic acids is 1. The van der Waals surface area contributed by atoms with Crippen molar-refractivity contribution in [3.05, 3.63) is 31.1 Å². The predicted molar refractivity (Wildman–Crippen MR) is 64.5 cm³/mol. The van der Waals surface area contributed by atoms with E-state index in [2.05, 4.69) is 25.7 Å². The van der Waals surface area contributed by atoms with E-state index in [0.717, 1.165) is 0 Å². The van der Waals surface area contributed by atoms with Crippen LogP contribution in [0.4, 0.5) is 16.2 Å². The van der Waals surface area contributed by atoms with Crippen LogP contribution in [0.5, 0.6) is 0 Å². The third kappa shape index (κ3) is 3.77. The normalized spacial score (nSPS) is 9.89. The molecular weight excluding hydrogens is 252 g/mol. The number of aliphatic carboxylic acids is 1.